The third-order valence-corrected chi connectivity index (χ3v) is 5.38. The first-order valence-electron chi connectivity index (χ1n) is 10.2. The molecule has 0 bridgehead atoms. The van der Waals surface area contributed by atoms with Crippen LogP contribution in [-0.2, 0) is 6.54 Å². The highest BCUT2D eigenvalue weighted by Gasteiger charge is 2.18. The second kappa shape index (κ2) is 8.76. The lowest BCUT2D eigenvalue weighted by atomic mass is 10.1. The van der Waals surface area contributed by atoms with Crippen molar-refractivity contribution < 1.29 is 4.74 Å². The molecule has 0 atom stereocenters. The quantitative estimate of drug-likeness (QED) is 0.697. The molecule has 0 radical (unpaired) electrons. The van der Waals surface area contributed by atoms with Crippen LogP contribution < -0.4 is 10.5 Å². The zero-order chi connectivity index (χ0) is 20.2. The van der Waals surface area contributed by atoms with Crippen LogP contribution in [0.15, 0.2) is 42.5 Å². The molecule has 2 N–H and O–H groups in total. The van der Waals surface area contributed by atoms with E-state index in [-0.39, 0.29) is 0 Å². The maximum absolute atomic E-state index is 6.11. The highest BCUT2D eigenvalue weighted by atomic mass is 16.5. The second-order valence-electron chi connectivity index (χ2n) is 7.83. The van der Waals surface area contributed by atoms with Crippen LogP contribution in [0.1, 0.15) is 17.0 Å². The van der Waals surface area contributed by atoms with E-state index in [1.807, 2.05) is 24.3 Å². The van der Waals surface area contributed by atoms with E-state index in [0.717, 1.165) is 61.7 Å². The summed E-state index contributed by atoms with van der Waals surface area (Å²) < 4.78 is 5.96. The van der Waals surface area contributed by atoms with E-state index < -0.39 is 0 Å². The van der Waals surface area contributed by atoms with Gasteiger partial charge >= 0.3 is 0 Å². The third-order valence-electron chi connectivity index (χ3n) is 5.38. The molecule has 6 nitrogen and oxygen atoms in total. The molecule has 0 saturated carbocycles. The summed E-state index contributed by atoms with van der Waals surface area (Å²) in [5.41, 5.74) is 9.51. The number of fused-ring (bicyclic) bond motifs is 1. The number of rotatable bonds is 6. The number of aromatic nitrogens is 2. The first-order valence-corrected chi connectivity index (χ1v) is 10.2. The molecule has 4 rings (SSSR count). The Labute approximate surface area is 172 Å². The molecule has 0 aliphatic carbocycles. The zero-order valence-electron chi connectivity index (χ0n) is 17.3. The van der Waals surface area contributed by atoms with Gasteiger partial charge < -0.3 is 10.5 Å². The number of benzene rings is 2. The molecule has 1 fully saturated rings. The summed E-state index contributed by atoms with van der Waals surface area (Å²) in [6.45, 7) is 10.7. The monoisotopic (exact) mass is 391 g/mol. The van der Waals surface area contributed by atoms with E-state index in [2.05, 4.69) is 51.8 Å². The van der Waals surface area contributed by atoms with Gasteiger partial charge in [-0.1, -0.05) is 18.2 Å². The van der Waals surface area contributed by atoms with Gasteiger partial charge in [0.1, 0.15) is 24.0 Å². The summed E-state index contributed by atoms with van der Waals surface area (Å²) in [4.78, 5) is 14.0. The van der Waals surface area contributed by atoms with Crippen molar-refractivity contribution in [2.24, 2.45) is 0 Å². The van der Waals surface area contributed by atoms with Crippen LogP contribution in [0, 0.1) is 13.8 Å². The number of anilines is 1. The first-order chi connectivity index (χ1) is 14.1. The van der Waals surface area contributed by atoms with Crippen LogP contribution >= 0.6 is 0 Å². The molecule has 2 aromatic carbocycles. The Morgan fingerprint density at radius 2 is 1.62 bits per heavy atom. The van der Waals surface area contributed by atoms with Crippen molar-refractivity contribution in [1.29, 1.82) is 0 Å². The van der Waals surface area contributed by atoms with Crippen LogP contribution in [0.2, 0.25) is 0 Å². The zero-order valence-corrected chi connectivity index (χ0v) is 17.3. The van der Waals surface area contributed by atoms with Gasteiger partial charge in [0.25, 0.3) is 0 Å². The fourth-order valence-corrected chi connectivity index (χ4v) is 3.90. The van der Waals surface area contributed by atoms with Gasteiger partial charge in [0.15, 0.2) is 0 Å². The van der Waals surface area contributed by atoms with Gasteiger partial charge in [-0.3, -0.25) is 9.80 Å². The Balaban J connectivity index is 1.25. The molecule has 1 aromatic heterocycles. The number of nitrogens with two attached hydrogens (primary N) is 1. The maximum Gasteiger partial charge on any atom is 0.145 e. The summed E-state index contributed by atoms with van der Waals surface area (Å²) in [7, 11) is 0. The molecule has 152 valence electrons. The van der Waals surface area contributed by atoms with Crippen LogP contribution in [0.3, 0.4) is 0 Å². The molecule has 0 unspecified atom stereocenters. The summed E-state index contributed by atoms with van der Waals surface area (Å²) in [5.74, 6) is 2.33. The van der Waals surface area contributed by atoms with Crippen molar-refractivity contribution in [3.8, 4) is 5.75 Å². The van der Waals surface area contributed by atoms with Gasteiger partial charge in [-0.15, -0.1) is 0 Å². The number of aryl methyl sites for hydroxylation is 2. The third kappa shape index (κ3) is 5.02. The lowest BCUT2D eigenvalue weighted by Gasteiger charge is -2.34. The molecule has 29 heavy (non-hydrogen) atoms. The molecule has 0 amide bonds. The van der Waals surface area contributed by atoms with Gasteiger partial charge in [0.05, 0.1) is 12.1 Å². The van der Waals surface area contributed by atoms with Gasteiger partial charge in [0.2, 0.25) is 0 Å². The smallest absolute Gasteiger partial charge is 0.145 e. The minimum absolute atomic E-state index is 0.563. The fourth-order valence-electron chi connectivity index (χ4n) is 3.90. The lowest BCUT2D eigenvalue weighted by molar-refractivity contribution is 0.111. The predicted molar refractivity (Wildman–Crippen MR) is 117 cm³/mol. The van der Waals surface area contributed by atoms with Gasteiger partial charge in [0, 0.05) is 38.1 Å². The summed E-state index contributed by atoms with van der Waals surface area (Å²) >= 11 is 0. The number of hydrogen-bond acceptors (Lipinski definition) is 6. The SMILES string of the molecule is Cc1cc(C)cc(OCCN2CCN(Cc3nc(N)c4ccccc4n3)CC2)c1. The van der Waals surface area contributed by atoms with Crippen LogP contribution in [0.5, 0.6) is 5.75 Å². The molecular weight excluding hydrogens is 362 g/mol. The number of nitrogens with zero attached hydrogens (tertiary/aromatic N) is 4. The standard InChI is InChI=1S/C23H29N5O/c1-17-13-18(2)15-19(14-17)29-12-11-27-7-9-28(10-8-27)16-22-25-21-6-4-3-5-20(21)23(24)26-22/h3-6,13-15H,7-12,16H2,1-2H3,(H2,24,25,26). The fraction of sp³-hybridized carbons (Fsp3) is 0.391. The summed E-state index contributed by atoms with van der Waals surface area (Å²) in [6.07, 6.45) is 0. The highest BCUT2D eigenvalue weighted by molar-refractivity contribution is 5.87. The normalized spacial score (nSPS) is 15.7. The van der Waals surface area contributed by atoms with Crippen molar-refractivity contribution in [3.05, 3.63) is 59.4 Å². The highest BCUT2D eigenvalue weighted by Crippen LogP contribution is 2.18. The van der Waals surface area contributed by atoms with E-state index >= 15 is 0 Å². The van der Waals surface area contributed by atoms with Crippen molar-refractivity contribution in [2.75, 3.05) is 45.1 Å². The first kappa shape index (κ1) is 19.6. The second-order valence-corrected chi connectivity index (χ2v) is 7.83. The van der Waals surface area contributed by atoms with Gasteiger partial charge in [-0.2, -0.15) is 0 Å². The Hall–Kier alpha value is -2.70. The van der Waals surface area contributed by atoms with Crippen molar-refractivity contribution in [2.45, 2.75) is 20.4 Å². The van der Waals surface area contributed by atoms with Crippen molar-refractivity contribution >= 4 is 16.7 Å². The molecular formula is C23H29N5O. The molecule has 1 aliphatic heterocycles. The minimum atomic E-state index is 0.563. The number of piperazine rings is 1. The number of hydrogen-bond donors (Lipinski definition) is 1. The number of para-hydroxylation sites is 1. The van der Waals surface area contributed by atoms with E-state index in [1.165, 1.54) is 11.1 Å². The van der Waals surface area contributed by atoms with E-state index in [0.29, 0.717) is 12.4 Å². The molecule has 1 saturated heterocycles. The predicted octanol–water partition coefficient (Wildman–Crippen LogP) is 3.03. The van der Waals surface area contributed by atoms with E-state index in [1.54, 1.807) is 0 Å². The number of ether oxygens (including phenoxy) is 1. The van der Waals surface area contributed by atoms with Crippen molar-refractivity contribution in [3.63, 3.8) is 0 Å². The molecule has 2 heterocycles. The lowest BCUT2D eigenvalue weighted by Crippen LogP contribution is -2.47. The van der Waals surface area contributed by atoms with E-state index in [4.69, 9.17) is 10.5 Å². The topological polar surface area (TPSA) is 67.5 Å². The molecule has 3 aromatic rings. The Morgan fingerprint density at radius 3 is 2.38 bits per heavy atom. The maximum atomic E-state index is 6.11. The summed E-state index contributed by atoms with van der Waals surface area (Å²) in [6, 6.07) is 14.3. The minimum Gasteiger partial charge on any atom is -0.492 e. The van der Waals surface area contributed by atoms with Gasteiger partial charge in [-0.25, -0.2) is 9.97 Å². The Morgan fingerprint density at radius 1 is 0.931 bits per heavy atom. The average molecular weight is 392 g/mol. The Kier molecular flexibility index (Phi) is 5.92. The molecule has 0 spiro atoms. The van der Waals surface area contributed by atoms with Gasteiger partial charge in [-0.05, 0) is 49.2 Å². The van der Waals surface area contributed by atoms with Crippen LogP contribution in [0.4, 0.5) is 5.82 Å². The average Bonchev–Trinajstić information content (AvgIpc) is 2.69. The van der Waals surface area contributed by atoms with Crippen LogP contribution in [0.25, 0.3) is 10.9 Å². The molecule has 6 heteroatoms. The summed E-state index contributed by atoms with van der Waals surface area (Å²) in [5, 5.41) is 0.921. The number of nitrogen functional groups attached to an aromatic ring is 1. The van der Waals surface area contributed by atoms with Crippen molar-refractivity contribution in [1.82, 2.24) is 19.8 Å². The largest absolute Gasteiger partial charge is 0.492 e. The molecule has 1 aliphatic rings. The van der Waals surface area contributed by atoms with Crippen LogP contribution in [-0.4, -0.2) is 59.1 Å². The van der Waals surface area contributed by atoms with E-state index in [9.17, 15) is 0 Å². The Bertz CT molecular complexity index is 962.